The zero-order valence-electron chi connectivity index (χ0n) is 23.4. The smallest absolute Gasteiger partial charge is 0.336 e. The summed E-state index contributed by atoms with van der Waals surface area (Å²) in [6, 6.07) is 4.51. The number of urea groups is 1. The van der Waals surface area contributed by atoms with Gasteiger partial charge in [-0.2, -0.15) is 18.4 Å². The van der Waals surface area contributed by atoms with E-state index < -0.39 is 29.1 Å². The lowest BCUT2D eigenvalue weighted by Gasteiger charge is -2.35. The van der Waals surface area contributed by atoms with Crippen LogP contribution in [-0.4, -0.2) is 66.4 Å². The van der Waals surface area contributed by atoms with Gasteiger partial charge in [0.25, 0.3) is 11.8 Å². The van der Waals surface area contributed by atoms with E-state index in [1.54, 1.807) is 0 Å². The van der Waals surface area contributed by atoms with Crippen molar-refractivity contribution in [2.24, 2.45) is 0 Å². The molecule has 0 radical (unpaired) electrons. The number of imide groups is 1. The van der Waals surface area contributed by atoms with Crippen LogP contribution >= 0.6 is 0 Å². The molecule has 1 fully saturated rings. The molecule has 0 aliphatic carbocycles. The van der Waals surface area contributed by atoms with Gasteiger partial charge in [-0.25, -0.2) is 9.69 Å². The molecule has 218 valence electrons. The number of nitriles is 1. The number of benzene rings is 1. The molecule has 2 heterocycles. The van der Waals surface area contributed by atoms with Crippen LogP contribution in [0.1, 0.15) is 76.8 Å². The van der Waals surface area contributed by atoms with E-state index in [1.165, 1.54) is 19.1 Å². The van der Waals surface area contributed by atoms with E-state index in [4.69, 9.17) is 5.26 Å². The van der Waals surface area contributed by atoms with Crippen molar-refractivity contribution in [1.82, 2.24) is 15.1 Å². The molecule has 0 aromatic heterocycles. The zero-order chi connectivity index (χ0) is 29.4. The van der Waals surface area contributed by atoms with Gasteiger partial charge in [-0.3, -0.25) is 14.5 Å². The van der Waals surface area contributed by atoms with Crippen molar-refractivity contribution in [2.75, 3.05) is 37.6 Å². The van der Waals surface area contributed by atoms with Crippen LogP contribution in [-0.2, 0) is 15.8 Å². The van der Waals surface area contributed by atoms with Crippen molar-refractivity contribution < 1.29 is 27.6 Å². The summed E-state index contributed by atoms with van der Waals surface area (Å²) in [6.45, 7) is 9.67. The standard InChI is InChI=1S/C29H38F3N5O3/c1-20(2)34-28(40)36-16-14-35(15-17-36)13-9-7-5-4-6-8-10-24-21(3)26(38)37(27(24)39)23-12-11-22(19-33)25(18-23)29(30,31)32/h11-12,18,20H,4-10,13-17H2,1-3H3,(H,34,40). The number of carbonyl (C=O) groups is 3. The SMILES string of the molecule is CC1=C(CCCCCCCCN2CCN(C(=O)NC(C)C)CC2)C(=O)N(c2ccc(C#N)c(C(F)(F)F)c2)C1=O. The van der Waals surface area contributed by atoms with Crippen LogP contribution in [0, 0.1) is 11.3 Å². The fourth-order valence-electron chi connectivity index (χ4n) is 5.07. The Morgan fingerprint density at radius 1 is 1.00 bits per heavy atom. The maximum absolute atomic E-state index is 13.4. The van der Waals surface area contributed by atoms with E-state index in [9.17, 15) is 27.6 Å². The highest BCUT2D eigenvalue weighted by Crippen LogP contribution is 2.37. The van der Waals surface area contributed by atoms with Gasteiger partial charge in [0.1, 0.15) is 0 Å². The third kappa shape index (κ3) is 7.84. The fraction of sp³-hybridized carbons (Fsp3) is 0.586. The lowest BCUT2D eigenvalue weighted by molar-refractivity contribution is -0.138. The molecule has 40 heavy (non-hydrogen) atoms. The summed E-state index contributed by atoms with van der Waals surface area (Å²) < 4.78 is 40.1. The molecule has 2 aliphatic rings. The van der Waals surface area contributed by atoms with Gasteiger partial charge >= 0.3 is 12.2 Å². The van der Waals surface area contributed by atoms with Crippen LogP contribution < -0.4 is 10.2 Å². The van der Waals surface area contributed by atoms with Crippen molar-refractivity contribution in [3.05, 3.63) is 40.5 Å². The number of unbranched alkanes of at least 4 members (excludes halogenated alkanes) is 5. The Hall–Kier alpha value is -3.39. The van der Waals surface area contributed by atoms with Gasteiger partial charge in [0.05, 0.1) is 22.9 Å². The largest absolute Gasteiger partial charge is 0.417 e. The van der Waals surface area contributed by atoms with Gasteiger partial charge in [0.2, 0.25) is 0 Å². The van der Waals surface area contributed by atoms with Gasteiger partial charge < -0.3 is 10.2 Å². The van der Waals surface area contributed by atoms with Crippen molar-refractivity contribution in [1.29, 1.82) is 5.26 Å². The van der Waals surface area contributed by atoms with Gasteiger partial charge in [-0.1, -0.05) is 25.7 Å². The number of anilines is 1. The molecule has 0 bridgehead atoms. The van der Waals surface area contributed by atoms with E-state index in [1.807, 2.05) is 18.7 Å². The highest BCUT2D eigenvalue weighted by molar-refractivity contribution is 6.32. The Morgan fingerprint density at radius 2 is 1.62 bits per heavy atom. The third-order valence-electron chi connectivity index (χ3n) is 7.35. The lowest BCUT2D eigenvalue weighted by Crippen LogP contribution is -2.52. The summed E-state index contributed by atoms with van der Waals surface area (Å²) in [5.41, 5.74) is -1.32. The molecule has 4 amide bonds. The number of hydrogen-bond donors (Lipinski definition) is 1. The Morgan fingerprint density at radius 3 is 2.23 bits per heavy atom. The molecule has 1 aromatic carbocycles. The first-order valence-corrected chi connectivity index (χ1v) is 13.9. The lowest BCUT2D eigenvalue weighted by atomic mass is 10.0. The van der Waals surface area contributed by atoms with Crippen LogP contribution in [0.5, 0.6) is 0 Å². The predicted octanol–water partition coefficient (Wildman–Crippen LogP) is 5.23. The maximum atomic E-state index is 13.4. The minimum Gasteiger partial charge on any atom is -0.336 e. The normalized spacial score (nSPS) is 16.8. The molecule has 0 unspecified atom stereocenters. The number of piperazine rings is 1. The van der Waals surface area contributed by atoms with E-state index >= 15 is 0 Å². The highest BCUT2D eigenvalue weighted by atomic mass is 19.4. The molecule has 1 saturated heterocycles. The van der Waals surface area contributed by atoms with E-state index in [-0.39, 0.29) is 23.3 Å². The molecule has 0 spiro atoms. The quantitative estimate of drug-likeness (QED) is 0.295. The van der Waals surface area contributed by atoms with Crippen molar-refractivity contribution in [3.63, 3.8) is 0 Å². The zero-order valence-corrected chi connectivity index (χ0v) is 23.4. The van der Waals surface area contributed by atoms with Crippen LogP contribution in [0.15, 0.2) is 29.3 Å². The molecule has 0 atom stereocenters. The summed E-state index contributed by atoms with van der Waals surface area (Å²) in [6.07, 6.45) is 1.42. The summed E-state index contributed by atoms with van der Waals surface area (Å²) in [5.74, 6) is -1.22. The average molecular weight is 562 g/mol. The fourth-order valence-corrected chi connectivity index (χ4v) is 5.07. The van der Waals surface area contributed by atoms with Crippen LogP contribution in [0.2, 0.25) is 0 Å². The van der Waals surface area contributed by atoms with Crippen LogP contribution in [0.25, 0.3) is 0 Å². The molecule has 1 aromatic rings. The first kappa shape index (κ1) is 31.1. The van der Waals surface area contributed by atoms with E-state index in [2.05, 4.69) is 10.2 Å². The number of alkyl halides is 3. The maximum Gasteiger partial charge on any atom is 0.417 e. The van der Waals surface area contributed by atoms with Gasteiger partial charge in [-0.15, -0.1) is 0 Å². The molecule has 0 saturated carbocycles. The molecule has 2 aliphatic heterocycles. The Bertz CT molecular complexity index is 1160. The molecular weight excluding hydrogens is 523 g/mol. The molecule has 11 heteroatoms. The number of nitrogens with one attached hydrogen (secondary N) is 1. The van der Waals surface area contributed by atoms with Crippen LogP contribution in [0.4, 0.5) is 23.7 Å². The van der Waals surface area contributed by atoms with Crippen molar-refractivity contribution >= 4 is 23.5 Å². The summed E-state index contributed by atoms with van der Waals surface area (Å²) >= 11 is 0. The number of hydrogen-bond acceptors (Lipinski definition) is 5. The summed E-state index contributed by atoms with van der Waals surface area (Å²) in [4.78, 5) is 42.8. The van der Waals surface area contributed by atoms with E-state index in [0.717, 1.165) is 75.8 Å². The first-order chi connectivity index (χ1) is 18.9. The average Bonchev–Trinajstić information content (AvgIpc) is 3.11. The third-order valence-corrected chi connectivity index (χ3v) is 7.35. The molecular formula is C29H38F3N5O3. The Balaban J connectivity index is 1.37. The van der Waals surface area contributed by atoms with Gasteiger partial charge in [-0.05, 0) is 64.8 Å². The first-order valence-electron chi connectivity index (χ1n) is 13.9. The Kier molecular flexibility index (Phi) is 10.7. The number of rotatable bonds is 11. The summed E-state index contributed by atoms with van der Waals surface area (Å²) in [7, 11) is 0. The minimum absolute atomic E-state index is 0.00170. The van der Waals surface area contributed by atoms with Crippen LogP contribution in [0.3, 0.4) is 0 Å². The number of amides is 4. The van der Waals surface area contributed by atoms with Crippen molar-refractivity contribution in [2.45, 2.75) is 77.9 Å². The molecule has 3 rings (SSSR count). The Labute approximate surface area is 233 Å². The van der Waals surface area contributed by atoms with Crippen molar-refractivity contribution in [3.8, 4) is 6.07 Å². The number of halogens is 3. The van der Waals surface area contributed by atoms with E-state index in [0.29, 0.717) is 24.5 Å². The summed E-state index contributed by atoms with van der Waals surface area (Å²) in [5, 5.41) is 11.9. The predicted molar refractivity (Wildman–Crippen MR) is 145 cm³/mol. The molecule has 8 nitrogen and oxygen atoms in total. The topological polar surface area (TPSA) is 96.8 Å². The van der Waals surface area contributed by atoms with Gasteiger partial charge in [0, 0.05) is 43.4 Å². The second kappa shape index (κ2) is 13.8. The second-order valence-electron chi connectivity index (χ2n) is 10.7. The number of nitrogens with zero attached hydrogens (tertiary/aromatic N) is 4. The van der Waals surface area contributed by atoms with Gasteiger partial charge in [0.15, 0.2) is 0 Å². The number of carbonyl (C=O) groups excluding carboxylic acids is 3. The highest BCUT2D eigenvalue weighted by Gasteiger charge is 2.39. The monoisotopic (exact) mass is 561 g/mol. The molecule has 1 N–H and O–H groups in total. The second-order valence-corrected chi connectivity index (χ2v) is 10.7. The minimum atomic E-state index is -4.78.